The number of fused-ring (bicyclic) bond motifs is 1. The van der Waals surface area contributed by atoms with Crippen molar-refractivity contribution in [2.24, 2.45) is 0 Å². The normalized spacial score (nSPS) is 23.5. The van der Waals surface area contributed by atoms with Gasteiger partial charge in [-0.15, -0.1) is 0 Å². The summed E-state index contributed by atoms with van der Waals surface area (Å²) < 4.78 is 1.01. The number of nitrogens with zero attached hydrogens (tertiary/aromatic N) is 2. The van der Waals surface area contributed by atoms with Gasteiger partial charge in [0.1, 0.15) is 0 Å². The molecule has 0 spiro atoms. The molecule has 2 aliphatic rings. The Morgan fingerprint density at radius 2 is 2.05 bits per heavy atom. The van der Waals surface area contributed by atoms with E-state index in [1.165, 1.54) is 19.4 Å². The van der Waals surface area contributed by atoms with Crippen LogP contribution in [0, 0.1) is 6.92 Å². The maximum atomic E-state index is 12.8. The monoisotopic (exact) mass is 336 g/mol. The molecule has 1 aromatic carbocycles. The first-order valence-electron chi connectivity index (χ1n) is 7.45. The Balaban J connectivity index is 1.81. The number of amides is 1. The molecule has 0 aromatic heterocycles. The first kappa shape index (κ1) is 14.1. The molecule has 2 aliphatic heterocycles. The lowest BCUT2D eigenvalue weighted by atomic mass is 10.1. The van der Waals surface area contributed by atoms with Gasteiger partial charge in [0.05, 0.1) is 0 Å². The molecule has 1 atom stereocenters. The van der Waals surface area contributed by atoms with Crippen LogP contribution >= 0.6 is 15.9 Å². The zero-order valence-corrected chi connectivity index (χ0v) is 13.5. The molecule has 2 heterocycles. The van der Waals surface area contributed by atoms with Gasteiger partial charge in [0.2, 0.25) is 0 Å². The largest absolute Gasteiger partial charge is 0.337 e. The van der Waals surface area contributed by atoms with Gasteiger partial charge in [-0.25, -0.2) is 0 Å². The number of rotatable bonds is 1. The van der Waals surface area contributed by atoms with Gasteiger partial charge in [-0.1, -0.05) is 22.0 Å². The topological polar surface area (TPSA) is 23.6 Å². The standard InChI is InChI=1S/C16H21BrN2O/c1-12-14(6-2-7-15(12)17)16(20)19-10-4-9-18-8-3-5-13(18)11-19/h2,6-7,13H,3-5,8-11H2,1H3. The summed E-state index contributed by atoms with van der Waals surface area (Å²) in [6, 6.07) is 6.46. The van der Waals surface area contributed by atoms with Crippen LogP contribution < -0.4 is 0 Å². The Morgan fingerprint density at radius 1 is 1.25 bits per heavy atom. The molecule has 0 N–H and O–H groups in total. The maximum absolute atomic E-state index is 12.8. The molecule has 0 aliphatic carbocycles. The quantitative estimate of drug-likeness (QED) is 0.786. The van der Waals surface area contributed by atoms with Gasteiger partial charge >= 0.3 is 0 Å². The van der Waals surface area contributed by atoms with Crippen LogP contribution in [0.15, 0.2) is 22.7 Å². The van der Waals surface area contributed by atoms with Crippen molar-refractivity contribution in [1.82, 2.24) is 9.80 Å². The van der Waals surface area contributed by atoms with Crippen molar-refractivity contribution in [3.05, 3.63) is 33.8 Å². The minimum Gasteiger partial charge on any atom is -0.337 e. The first-order valence-corrected chi connectivity index (χ1v) is 8.24. The minimum absolute atomic E-state index is 0.192. The molecule has 20 heavy (non-hydrogen) atoms. The fourth-order valence-corrected chi connectivity index (χ4v) is 3.77. The van der Waals surface area contributed by atoms with Crippen LogP contribution in [0.25, 0.3) is 0 Å². The fraction of sp³-hybridized carbons (Fsp3) is 0.562. The van der Waals surface area contributed by atoms with E-state index in [0.717, 1.165) is 41.7 Å². The summed E-state index contributed by atoms with van der Waals surface area (Å²) in [5.41, 5.74) is 1.89. The van der Waals surface area contributed by atoms with Crippen LogP contribution in [0.5, 0.6) is 0 Å². The van der Waals surface area contributed by atoms with Crippen molar-refractivity contribution >= 4 is 21.8 Å². The van der Waals surface area contributed by atoms with Crippen molar-refractivity contribution in [2.45, 2.75) is 32.2 Å². The van der Waals surface area contributed by atoms with Crippen LogP contribution in [0.2, 0.25) is 0 Å². The van der Waals surface area contributed by atoms with Crippen LogP contribution in [-0.4, -0.2) is 47.9 Å². The lowest BCUT2D eigenvalue weighted by Gasteiger charge is -2.26. The Kier molecular flexibility index (Phi) is 4.13. The molecule has 0 saturated carbocycles. The van der Waals surface area contributed by atoms with Gasteiger partial charge in [-0.3, -0.25) is 9.69 Å². The van der Waals surface area contributed by atoms with E-state index >= 15 is 0 Å². The van der Waals surface area contributed by atoms with E-state index in [1.807, 2.05) is 25.1 Å². The summed E-state index contributed by atoms with van der Waals surface area (Å²) in [7, 11) is 0. The Labute approximate surface area is 129 Å². The second kappa shape index (κ2) is 5.86. The van der Waals surface area contributed by atoms with E-state index in [9.17, 15) is 4.79 Å². The van der Waals surface area contributed by atoms with Crippen LogP contribution in [0.3, 0.4) is 0 Å². The third kappa shape index (κ3) is 2.63. The molecule has 3 nitrogen and oxygen atoms in total. The lowest BCUT2D eigenvalue weighted by molar-refractivity contribution is 0.0742. The zero-order valence-electron chi connectivity index (χ0n) is 11.9. The van der Waals surface area contributed by atoms with Gasteiger partial charge in [0, 0.05) is 35.7 Å². The number of halogens is 1. The number of hydrogen-bond donors (Lipinski definition) is 0. The summed E-state index contributed by atoms with van der Waals surface area (Å²) in [6.45, 7) is 6.15. The van der Waals surface area contributed by atoms with E-state index in [4.69, 9.17) is 0 Å². The highest BCUT2D eigenvalue weighted by atomic mass is 79.9. The molecule has 108 valence electrons. The number of hydrogen-bond acceptors (Lipinski definition) is 2. The third-order valence-electron chi connectivity index (χ3n) is 4.59. The molecule has 3 rings (SSSR count). The van der Waals surface area contributed by atoms with E-state index in [0.29, 0.717) is 6.04 Å². The molecule has 1 amide bonds. The van der Waals surface area contributed by atoms with E-state index in [1.54, 1.807) is 0 Å². The van der Waals surface area contributed by atoms with Crippen molar-refractivity contribution in [3.8, 4) is 0 Å². The van der Waals surface area contributed by atoms with Gasteiger partial charge in [-0.2, -0.15) is 0 Å². The summed E-state index contributed by atoms with van der Waals surface area (Å²) in [6.07, 6.45) is 3.61. The predicted octanol–water partition coefficient (Wildman–Crippen LogP) is 3.07. The Hall–Kier alpha value is -0.870. The molecule has 0 bridgehead atoms. The second-order valence-corrected chi connectivity index (χ2v) is 6.70. The van der Waals surface area contributed by atoms with E-state index < -0.39 is 0 Å². The molecule has 2 fully saturated rings. The zero-order chi connectivity index (χ0) is 14.1. The average Bonchev–Trinajstić information content (AvgIpc) is 2.78. The summed E-state index contributed by atoms with van der Waals surface area (Å²) in [5.74, 6) is 0.192. The van der Waals surface area contributed by atoms with Gasteiger partial charge in [0.25, 0.3) is 5.91 Å². The molecule has 1 unspecified atom stereocenters. The average molecular weight is 337 g/mol. The van der Waals surface area contributed by atoms with Crippen molar-refractivity contribution < 1.29 is 4.79 Å². The van der Waals surface area contributed by atoms with Crippen LogP contribution in [0.1, 0.15) is 35.2 Å². The van der Waals surface area contributed by atoms with Crippen molar-refractivity contribution in [3.63, 3.8) is 0 Å². The SMILES string of the molecule is Cc1c(Br)cccc1C(=O)N1CCCN2CCCC2C1. The van der Waals surface area contributed by atoms with E-state index in [2.05, 4.69) is 25.7 Å². The Bertz CT molecular complexity index is 517. The number of carbonyl (C=O) groups excluding carboxylic acids is 1. The van der Waals surface area contributed by atoms with Crippen molar-refractivity contribution in [1.29, 1.82) is 0 Å². The minimum atomic E-state index is 0.192. The highest BCUT2D eigenvalue weighted by Gasteiger charge is 2.31. The van der Waals surface area contributed by atoms with Gasteiger partial charge in [0.15, 0.2) is 0 Å². The molecule has 2 saturated heterocycles. The highest BCUT2D eigenvalue weighted by Crippen LogP contribution is 2.24. The predicted molar refractivity (Wildman–Crippen MR) is 84.0 cm³/mol. The molecule has 4 heteroatoms. The summed E-state index contributed by atoms with van der Waals surface area (Å²) in [5, 5.41) is 0. The fourth-order valence-electron chi connectivity index (χ4n) is 3.40. The highest BCUT2D eigenvalue weighted by molar-refractivity contribution is 9.10. The lowest BCUT2D eigenvalue weighted by Crippen LogP contribution is -2.39. The van der Waals surface area contributed by atoms with Gasteiger partial charge < -0.3 is 4.90 Å². The Morgan fingerprint density at radius 3 is 2.90 bits per heavy atom. The van der Waals surface area contributed by atoms with E-state index in [-0.39, 0.29) is 5.91 Å². The van der Waals surface area contributed by atoms with Crippen LogP contribution in [0.4, 0.5) is 0 Å². The van der Waals surface area contributed by atoms with Gasteiger partial charge in [-0.05, 0) is 50.4 Å². The molecular weight excluding hydrogens is 316 g/mol. The third-order valence-corrected chi connectivity index (χ3v) is 5.45. The molecule has 1 aromatic rings. The smallest absolute Gasteiger partial charge is 0.254 e. The second-order valence-electron chi connectivity index (χ2n) is 5.85. The molecule has 0 radical (unpaired) electrons. The maximum Gasteiger partial charge on any atom is 0.254 e. The van der Waals surface area contributed by atoms with Crippen LogP contribution in [-0.2, 0) is 0 Å². The van der Waals surface area contributed by atoms with Crippen molar-refractivity contribution in [2.75, 3.05) is 26.2 Å². The molecular formula is C16H21BrN2O. The summed E-state index contributed by atoms with van der Waals surface area (Å²) >= 11 is 3.52. The number of carbonyl (C=O) groups is 1. The number of benzene rings is 1. The first-order chi connectivity index (χ1) is 9.66. The summed E-state index contributed by atoms with van der Waals surface area (Å²) in [4.78, 5) is 17.4.